The average Bonchev–Trinajstić information content (AvgIpc) is 2.81. The van der Waals surface area contributed by atoms with Crippen molar-refractivity contribution in [2.24, 2.45) is 5.92 Å². The molecule has 3 aromatic carbocycles. The third-order valence-corrected chi connectivity index (χ3v) is 10.8. The van der Waals surface area contributed by atoms with E-state index in [4.69, 9.17) is 0 Å². The minimum absolute atomic E-state index is 0. The summed E-state index contributed by atoms with van der Waals surface area (Å²) >= 11 is 0. The van der Waals surface area contributed by atoms with Crippen LogP contribution in [0.25, 0.3) is 0 Å². The number of benzene rings is 3. The molecular weight excluding hydrogens is 459 g/mol. The van der Waals surface area contributed by atoms with Crippen molar-refractivity contribution in [2.45, 2.75) is 58.8 Å². The van der Waals surface area contributed by atoms with E-state index in [0.29, 0.717) is 0 Å². The van der Waals surface area contributed by atoms with Crippen LogP contribution in [0.4, 0.5) is 0 Å². The van der Waals surface area contributed by atoms with Gasteiger partial charge in [-0.15, -0.1) is 0 Å². The van der Waals surface area contributed by atoms with Gasteiger partial charge >= 0.3 is 0 Å². The molecule has 0 radical (unpaired) electrons. The van der Waals surface area contributed by atoms with Gasteiger partial charge in [0, 0.05) is 0 Å². The third kappa shape index (κ3) is 7.03. The second-order valence-corrected chi connectivity index (χ2v) is 12.3. The van der Waals surface area contributed by atoms with Gasteiger partial charge in [0.05, 0.1) is 6.16 Å². The Morgan fingerprint density at radius 3 is 1.42 bits per heavy atom. The highest BCUT2D eigenvalue weighted by Gasteiger charge is 2.44. The van der Waals surface area contributed by atoms with E-state index in [1.807, 2.05) is 0 Å². The number of unbranched alkanes of at least 4 members (excludes halogenated alkanes) is 4. The largest absolute Gasteiger partial charge is 1.00 e. The van der Waals surface area contributed by atoms with Crippen molar-refractivity contribution in [3.8, 4) is 0 Å². The first-order valence-electron chi connectivity index (χ1n) is 11.8. The zero-order chi connectivity index (χ0) is 21.1. The highest BCUT2D eigenvalue weighted by molar-refractivity contribution is 7.95. The number of hydrogen-bond acceptors (Lipinski definition) is 0. The van der Waals surface area contributed by atoms with Crippen LogP contribution in [0.2, 0.25) is 0 Å². The van der Waals surface area contributed by atoms with Crippen LogP contribution in [0, 0.1) is 5.92 Å². The van der Waals surface area contributed by atoms with Crippen LogP contribution in [0.3, 0.4) is 0 Å². The molecular formula is C29H38BrP. The lowest BCUT2D eigenvalue weighted by molar-refractivity contribution is -0.00000618. The third-order valence-electron chi connectivity index (χ3n) is 6.35. The van der Waals surface area contributed by atoms with Crippen molar-refractivity contribution >= 4 is 23.2 Å². The number of halogens is 1. The van der Waals surface area contributed by atoms with Crippen LogP contribution >= 0.6 is 7.26 Å². The molecule has 3 aromatic rings. The summed E-state index contributed by atoms with van der Waals surface area (Å²) in [6.07, 6.45) is 10.8. The monoisotopic (exact) mass is 496 g/mol. The molecule has 1 unspecified atom stereocenters. The summed E-state index contributed by atoms with van der Waals surface area (Å²) < 4.78 is 0. The Bertz CT molecular complexity index is 736. The van der Waals surface area contributed by atoms with Crippen molar-refractivity contribution in [1.29, 1.82) is 0 Å². The molecule has 2 heteroatoms. The van der Waals surface area contributed by atoms with Gasteiger partial charge in [0.25, 0.3) is 0 Å². The highest BCUT2D eigenvalue weighted by Crippen LogP contribution is 2.56. The highest BCUT2D eigenvalue weighted by atomic mass is 79.9. The van der Waals surface area contributed by atoms with Crippen LogP contribution < -0.4 is 32.9 Å². The maximum Gasteiger partial charge on any atom is 0.112 e. The van der Waals surface area contributed by atoms with Crippen LogP contribution in [0.15, 0.2) is 91.0 Å². The molecule has 0 fully saturated rings. The van der Waals surface area contributed by atoms with Crippen LogP contribution in [0.5, 0.6) is 0 Å². The normalized spacial score (nSPS) is 12.2. The molecule has 1 atom stereocenters. The van der Waals surface area contributed by atoms with E-state index in [-0.39, 0.29) is 17.0 Å². The smallest absolute Gasteiger partial charge is 0.112 e. The van der Waals surface area contributed by atoms with Gasteiger partial charge in [0.2, 0.25) is 0 Å². The number of hydrogen-bond donors (Lipinski definition) is 0. The van der Waals surface area contributed by atoms with Crippen molar-refractivity contribution < 1.29 is 17.0 Å². The average molecular weight is 498 g/mol. The fourth-order valence-electron chi connectivity index (χ4n) is 4.54. The van der Waals surface area contributed by atoms with Crippen molar-refractivity contribution in [2.75, 3.05) is 6.16 Å². The fraction of sp³-hybridized carbons (Fsp3) is 0.379. The molecule has 0 aliphatic rings. The summed E-state index contributed by atoms with van der Waals surface area (Å²) in [5.41, 5.74) is 0. The zero-order valence-electron chi connectivity index (χ0n) is 19.2. The van der Waals surface area contributed by atoms with Crippen molar-refractivity contribution in [1.82, 2.24) is 0 Å². The Labute approximate surface area is 201 Å². The minimum Gasteiger partial charge on any atom is -1.00 e. The summed E-state index contributed by atoms with van der Waals surface area (Å²) in [7, 11) is -1.66. The molecule has 0 aliphatic heterocycles. The lowest BCUT2D eigenvalue weighted by atomic mass is 10.00. The Balaban J connectivity index is 0.00000341. The standard InChI is InChI=1S/C29H38P.BrH/c1-3-4-5-6-10-17-26(2)24-25-30(27-18-11-7-12-19-27,28-20-13-8-14-21-28)29-22-15-9-16-23-29;/h7-9,11-16,18-23,26H,3-6,10,17,24-25H2,1-2H3;1H/q+1;/p-1. The summed E-state index contributed by atoms with van der Waals surface area (Å²) in [6, 6.07) is 33.9. The van der Waals surface area contributed by atoms with Gasteiger partial charge in [0.1, 0.15) is 23.2 Å². The van der Waals surface area contributed by atoms with Gasteiger partial charge in [-0.25, -0.2) is 0 Å². The van der Waals surface area contributed by atoms with Crippen LogP contribution in [-0.2, 0) is 0 Å². The van der Waals surface area contributed by atoms with E-state index in [0.717, 1.165) is 5.92 Å². The molecule has 0 aromatic heterocycles. The maximum absolute atomic E-state index is 2.47. The molecule has 0 saturated heterocycles. The van der Waals surface area contributed by atoms with Gasteiger partial charge < -0.3 is 17.0 Å². The lowest BCUT2D eigenvalue weighted by Crippen LogP contribution is -3.00. The van der Waals surface area contributed by atoms with E-state index < -0.39 is 7.26 Å². The SMILES string of the molecule is CCCCCCCC(C)CC[P+](c1ccccc1)(c1ccccc1)c1ccccc1.[Br-]. The molecule has 0 amide bonds. The van der Waals surface area contributed by atoms with Gasteiger partial charge in [-0.2, -0.15) is 0 Å². The summed E-state index contributed by atoms with van der Waals surface area (Å²) in [6.45, 7) is 4.76. The number of rotatable bonds is 12. The van der Waals surface area contributed by atoms with E-state index in [2.05, 4.69) is 105 Å². The molecule has 0 aliphatic carbocycles. The molecule has 0 nitrogen and oxygen atoms in total. The van der Waals surface area contributed by atoms with Gasteiger partial charge in [-0.1, -0.05) is 107 Å². The summed E-state index contributed by atoms with van der Waals surface area (Å²) in [5, 5.41) is 4.53. The Morgan fingerprint density at radius 1 is 0.581 bits per heavy atom. The summed E-state index contributed by atoms with van der Waals surface area (Å²) in [4.78, 5) is 0. The lowest BCUT2D eigenvalue weighted by Gasteiger charge is -2.28. The minimum atomic E-state index is -1.66. The second kappa shape index (κ2) is 13.9. The van der Waals surface area contributed by atoms with Crippen molar-refractivity contribution in [3.63, 3.8) is 0 Å². The van der Waals surface area contributed by atoms with E-state index in [9.17, 15) is 0 Å². The zero-order valence-corrected chi connectivity index (χ0v) is 21.7. The van der Waals surface area contributed by atoms with E-state index in [1.165, 1.54) is 67.0 Å². The van der Waals surface area contributed by atoms with Crippen molar-refractivity contribution in [3.05, 3.63) is 91.0 Å². The molecule has 0 bridgehead atoms. The molecule has 3 rings (SSSR count). The predicted molar refractivity (Wildman–Crippen MR) is 137 cm³/mol. The molecule has 0 N–H and O–H groups in total. The van der Waals surface area contributed by atoms with Crippen LogP contribution in [-0.4, -0.2) is 6.16 Å². The Hall–Kier alpha value is -1.43. The molecule has 31 heavy (non-hydrogen) atoms. The first-order chi connectivity index (χ1) is 14.8. The second-order valence-electron chi connectivity index (χ2n) is 8.64. The predicted octanol–water partition coefficient (Wildman–Crippen LogP) is 4.37. The first kappa shape index (κ1) is 25.8. The van der Waals surface area contributed by atoms with Gasteiger partial charge in [0.15, 0.2) is 0 Å². The van der Waals surface area contributed by atoms with Gasteiger partial charge in [-0.05, 0) is 48.7 Å². The van der Waals surface area contributed by atoms with Crippen LogP contribution in [0.1, 0.15) is 58.8 Å². The fourth-order valence-corrected chi connectivity index (χ4v) is 9.08. The summed E-state index contributed by atoms with van der Waals surface area (Å²) in [5.74, 6) is 0.780. The van der Waals surface area contributed by atoms with E-state index >= 15 is 0 Å². The quantitative estimate of drug-likeness (QED) is 0.258. The Morgan fingerprint density at radius 2 is 1.00 bits per heavy atom. The topological polar surface area (TPSA) is 0 Å². The molecule has 166 valence electrons. The molecule has 0 spiro atoms. The maximum atomic E-state index is 2.47. The molecule has 0 heterocycles. The van der Waals surface area contributed by atoms with E-state index in [1.54, 1.807) is 0 Å². The van der Waals surface area contributed by atoms with Gasteiger partial charge in [-0.3, -0.25) is 0 Å². The Kier molecular flexibility index (Phi) is 11.6. The molecule has 0 saturated carbocycles. The first-order valence-corrected chi connectivity index (χ1v) is 13.8.